The monoisotopic (exact) mass is 482 g/mol. The molecule has 2 aromatic rings. The smallest absolute Gasteiger partial charge is 0.175 e. The molecule has 0 bridgehead atoms. The van der Waals surface area contributed by atoms with Gasteiger partial charge in [0.15, 0.2) is 28.8 Å². The Morgan fingerprint density at radius 3 is 2.09 bits per heavy atom. The molecule has 35 heavy (non-hydrogen) atoms. The second kappa shape index (κ2) is 7.70. The van der Waals surface area contributed by atoms with Gasteiger partial charge in [0.2, 0.25) is 0 Å². The summed E-state index contributed by atoms with van der Waals surface area (Å²) in [7, 11) is 6.44. The molecule has 0 aromatic heterocycles. The summed E-state index contributed by atoms with van der Waals surface area (Å²) in [5.41, 5.74) is 2.48. The number of Topliss-reactive ketones (excluding diaryl/α,β-unsaturated/α-hetero) is 1. The molecule has 2 aliphatic heterocycles. The van der Waals surface area contributed by atoms with E-state index in [1.165, 1.54) is 0 Å². The molecule has 0 unspecified atom stereocenters. The van der Waals surface area contributed by atoms with Gasteiger partial charge in [-0.05, 0) is 53.0 Å². The highest BCUT2D eigenvalue weighted by Crippen LogP contribution is 2.68. The number of hydrogen-bond donors (Lipinski definition) is 0. The van der Waals surface area contributed by atoms with Crippen molar-refractivity contribution in [3.63, 3.8) is 0 Å². The predicted molar refractivity (Wildman–Crippen MR) is 131 cm³/mol. The number of carbonyl (C=O) groups excluding carboxylic acids is 1. The zero-order valence-electron chi connectivity index (χ0n) is 22.0. The summed E-state index contributed by atoms with van der Waals surface area (Å²) in [6.45, 7) is 9.95. The first kappa shape index (κ1) is 23.6. The highest BCUT2D eigenvalue weighted by Gasteiger charge is 2.59. The minimum Gasteiger partial charge on any atom is -0.493 e. The van der Waals surface area contributed by atoms with E-state index in [1.807, 2.05) is 12.1 Å². The molecule has 0 fully saturated rings. The number of rotatable bonds is 5. The zero-order valence-corrected chi connectivity index (χ0v) is 22.0. The first-order chi connectivity index (χ1) is 16.5. The van der Waals surface area contributed by atoms with Crippen molar-refractivity contribution in [2.75, 3.05) is 28.4 Å². The van der Waals surface area contributed by atoms with E-state index >= 15 is 0 Å². The van der Waals surface area contributed by atoms with Gasteiger partial charge in [-0.1, -0.05) is 0 Å². The maximum Gasteiger partial charge on any atom is 0.175 e. The van der Waals surface area contributed by atoms with Gasteiger partial charge in [-0.2, -0.15) is 0 Å². The van der Waals surface area contributed by atoms with Crippen molar-refractivity contribution >= 4 is 5.78 Å². The van der Waals surface area contributed by atoms with Gasteiger partial charge in [-0.15, -0.1) is 0 Å². The quantitative estimate of drug-likeness (QED) is 0.521. The molecule has 2 aromatic carbocycles. The highest BCUT2D eigenvalue weighted by molar-refractivity contribution is 6.02. The molecule has 2 heterocycles. The van der Waals surface area contributed by atoms with Crippen molar-refractivity contribution < 1.29 is 33.2 Å². The lowest BCUT2D eigenvalue weighted by molar-refractivity contribution is -0.0127. The fourth-order valence-corrected chi connectivity index (χ4v) is 6.68. The van der Waals surface area contributed by atoms with Gasteiger partial charge in [-0.25, -0.2) is 0 Å². The Bertz CT molecular complexity index is 1230. The lowest BCUT2D eigenvalue weighted by atomic mass is 9.68. The van der Waals surface area contributed by atoms with Crippen LogP contribution in [0.1, 0.15) is 79.9 Å². The number of benzene rings is 2. The van der Waals surface area contributed by atoms with Crippen molar-refractivity contribution in [3.8, 4) is 34.5 Å². The Labute approximate surface area is 206 Å². The standard InChI is InChI=1S/C28H34O7/c1-13(29)19-24-21-15(12-27(2,3)35-24)23-20(22(21)26(33-9)25(19)32-8)14-10-17(30-6)18(31-7)11-16(14)34-28(23,4)5/h10-11,15,20,23H,12H2,1-9H3/t15-,20-,23+/m0/s1. The maximum atomic E-state index is 12.9. The van der Waals surface area contributed by atoms with Crippen LogP contribution in [0, 0.1) is 5.92 Å². The second-order valence-corrected chi connectivity index (χ2v) is 10.8. The molecule has 0 spiro atoms. The molecule has 3 aliphatic rings. The van der Waals surface area contributed by atoms with E-state index in [9.17, 15) is 4.79 Å². The summed E-state index contributed by atoms with van der Waals surface area (Å²) in [5, 5.41) is 0. The van der Waals surface area contributed by atoms with Crippen LogP contribution in [0.25, 0.3) is 0 Å². The number of hydrogen-bond acceptors (Lipinski definition) is 7. The lowest BCUT2D eigenvalue weighted by Crippen LogP contribution is -2.47. The summed E-state index contributed by atoms with van der Waals surface area (Å²) < 4.78 is 36.3. The van der Waals surface area contributed by atoms with Crippen molar-refractivity contribution in [1.82, 2.24) is 0 Å². The lowest BCUT2D eigenvalue weighted by Gasteiger charge is -2.47. The van der Waals surface area contributed by atoms with Crippen LogP contribution >= 0.6 is 0 Å². The summed E-state index contributed by atoms with van der Waals surface area (Å²) in [6, 6.07) is 3.90. The number of ketones is 1. The molecule has 188 valence electrons. The van der Waals surface area contributed by atoms with Crippen LogP contribution in [0.5, 0.6) is 34.5 Å². The Morgan fingerprint density at radius 2 is 1.51 bits per heavy atom. The average molecular weight is 483 g/mol. The summed E-state index contributed by atoms with van der Waals surface area (Å²) in [5.74, 6) is 3.58. The first-order valence-corrected chi connectivity index (χ1v) is 12.0. The minimum absolute atomic E-state index is 0.0744. The van der Waals surface area contributed by atoms with Crippen LogP contribution in [0.4, 0.5) is 0 Å². The molecular formula is C28H34O7. The molecule has 0 radical (unpaired) electrons. The fourth-order valence-electron chi connectivity index (χ4n) is 6.68. The molecule has 0 amide bonds. The number of ether oxygens (including phenoxy) is 6. The number of carbonyl (C=O) groups is 1. The van der Waals surface area contributed by atoms with Crippen molar-refractivity contribution in [3.05, 3.63) is 34.4 Å². The Kier molecular flexibility index (Phi) is 5.20. The van der Waals surface area contributed by atoms with Gasteiger partial charge in [0.25, 0.3) is 0 Å². The van der Waals surface area contributed by atoms with E-state index in [0.717, 1.165) is 28.9 Å². The van der Waals surface area contributed by atoms with Gasteiger partial charge in [0.1, 0.15) is 28.3 Å². The predicted octanol–water partition coefficient (Wildman–Crippen LogP) is 5.50. The molecule has 3 atom stereocenters. The molecule has 0 N–H and O–H groups in total. The van der Waals surface area contributed by atoms with Crippen molar-refractivity contribution in [1.29, 1.82) is 0 Å². The zero-order chi connectivity index (χ0) is 25.4. The third kappa shape index (κ3) is 3.20. The molecule has 7 heteroatoms. The topological polar surface area (TPSA) is 72.5 Å². The molecule has 0 saturated carbocycles. The first-order valence-electron chi connectivity index (χ1n) is 12.0. The van der Waals surface area contributed by atoms with Crippen LogP contribution in [0.3, 0.4) is 0 Å². The van der Waals surface area contributed by atoms with Gasteiger partial charge in [0, 0.05) is 34.6 Å². The summed E-state index contributed by atoms with van der Waals surface area (Å²) in [4.78, 5) is 12.9. The molecule has 0 saturated heterocycles. The third-order valence-corrected chi connectivity index (χ3v) is 7.79. The van der Waals surface area contributed by atoms with E-state index < -0.39 is 11.2 Å². The minimum atomic E-state index is -0.514. The van der Waals surface area contributed by atoms with E-state index in [2.05, 4.69) is 27.7 Å². The fraction of sp³-hybridized carbons (Fsp3) is 0.536. The van der Waals surface area contributed by atoms with Crippen molar-refractivity contribution in [2.45, 2.75) is 64.1 Å². The highest BCUT2D eigenvalue weighted by atomic mass is 16.5. The average Bonchev–Trinajstić information content (AvgIpc) is 3.13. The van der Waals surface area contributed by atoms with Crippen LogP contribution < -0.4 is 28.4 Å². The Hall–Kier alpha value is -3.09. The van der Waals surface area contributed by atoms with E-state index in [1.54, 1.807) is 35.4 Å². The molecule has 7 nitrogen and oxygen atoms in total. The van der Waals surface area contributed by atoms with E-state index in [-0.39, 0.29) is 23.5 Å². The van der Waals surface area contributed by atoms with Gasteiger partial charge in [0.05, 0.1) is 28.4 Å². The van der Waals surface area contributed by atoms with Crippen LogP contribution in [0.15, 0.2) is 12.1 Å². The second-order valence-electron chi connectivity index (χ2n) is 10.8. The number of fused-ring (bicyclic) bond motifs is 5. The summed E-state index contributed by atoms with van der Waals surface area (Å²) in [6.07, 6.45) is 0.788. The largest absolute Gasteiger partial charge is 0.493 e. The van der Waals surface area contributed by atoms with Crippen LogP contribution in [-0.2, 0) is 0 Å². The number of methoxy groups -OCH3 is 4. The van der Waals surface area contributed by atoms with Gasteiger partial charge >= 0.3 is 0 Å². The Morgan fingerprint density at radius 1 is 0.886 bits per heavy atom. The Balaban J connectivity index is 1.91. The SMILES string of the molecule is COc1cc2c(cc1OC)[C@H]1c3c(OC)c(OC)c(C(C)=O)c4c3[C@H](CC(C)(C)O4)[C@H]1C(C)(C)O2. The molecule has 1 aliphatic carbocycles. The van der Waals surface area contributed by atoms with E-state index in [4.69, 9.17) is 28.4 Å². The van der Waals surface area contributed by atoms with Crippen LogP contribution in [0.2, 0.25) is 0 Å². The molecule has 5 rings (SSSR count). The van der Waals surface area contributed by atoms with Crippen molar-refractivity contribution in [2.24, 2.45) is 5.92 Å². The third-order valence-electron chi connectivity index (χ3n) is 7.79. The maximum absolute atomic E-state index is 12.9. The normalized spacial score (nSPS) is 24.2. The van der Waals surface area contributed by atoms with Gasteiger partial charge in [-0.3, -0.25) is 4.79 Å². The van der Waals surface area contributed by atoms with Gasteiger partial charge < -0.3 is 28.4 Å². The molecular weight excluding hydrogens is 448 g/mol. The van der Waals surface area contributed by atoms with E-state index in [0.29, 0.717) is 34.3 Å². The summed E-state index contributed by atoms with van der Waals surface area (Å²) >= 11 is 0. The van der Waals surface area contributed by atoms with Crippen LogP contribution in [-0.4, -0.2) is 45.4 Å².